The largest absolute Gasteiger partial charge is 0.480 e. The number of terminal acetylenes is 1. The molecule has 78 heavy (non-hydrogen) atoms. The van der Waals surface area contributed by atoms with Crippen LogP contribution in [0.1, 0.15) is 96.8 Å². The molecule has 2 N–H and O–H groups in total. The van der Waals surface area contributed by atoms with Crippen molar-refractivity contribution in [3.8, 4) is 28.7 Å². The predicted octanol–water partition coefficient (Wildman–Crippen LogP) is 14.3. The molecular weight excluding hydrogens is 1090 g/mol. The van der Waals surface area contributed by atoms with E-state index in [1.165, 1.54) is 74.2 Å². The number of benzene rings is 4. The van der Waals surface area contributed by atoms with Gasteiger partial charge in [-0.15, -0.1) is 29.5 Å². The van der Waals surface area contributed by atoms with Gasteiger partial charge in [-0.05, 0) is 189 Å². The fraction of sp³-hybridized carbons (Fsp3) is 0.317. The number of ether oxygens (including phenoxy) is 1. The van der Waals surface area contributed by atoms with E-state index in [0.717, 1.165) is 87.2 Å². The number of pyridine rings is 1. The van der Waals surface area contributed by atoms with Gasteiger partial charge >= 0.3 is 23.8 Å². The Kier molecular flexibility index (Phi) is 17.0. The summed E-state index contributed by atoms with van der Waals surface area (Å²) in [5.41, 5.74) is 6.96. The van der Waals surface area contributed by atoms with Gasteiger partial charge in [0.25, 0.3) is 0 Å². The summed E-state index contributed by atoms with van der Waals surface area (Å²) in [4.78, 5) is 72.8. The zero-order valence-corrected chi connectivity index (χ0v) is 46.2. The highest BCUT2D eigenvalue weighted by atomic mass is 35.5. The SMILES string of the molecule is C#Cc1ccc(CSc2nc(-c3cccs3)c3c(c2C(=O)O)CCCC3)cc1.O=C(O)C1CC(=O)N(CCC23CC4CC(CC(C4)C2)C3)C(=Nc2ccc(Cl)cc2)S1.O=C(Oc1ccccc1)n1c(=O)oc2ccc(Cl)cc21. The van der Waals surface area contributed by atoms with Crippen molar-refractivity contribution in [3.05, 3.63) is 163 Å². The van der Waals surface area contributed by atoms with Gasteiger partial charge in [0, 0.05) is 27.9 Å². The monoisotopic (exact) mass is 1140 g/mol. The standard InChI is InChI=1S/C23H27ClN2O3S.C23H19NO2S2.C14H8ClNO4/c24-17-1-3-18(4-2-17)25-22-26(20(27)10-19(30-22)21(28)29)6-5-23-11-14-7-15(12-23)9-16(8-14)13-23;1-2-15-9-11-16(12-10-15)14-28-22-20(23(25)26)17-6-3-4-7-18(17)21(24-22)19-8-5-13-27-19;15-9-6-7-12-11(8-9)16(14(18)20-12)13(17)19-10-4-2-1-3-5-10/h1-4,14-16,19H,5-13H2,(H,28,29);1,5,8-13H,3-4,6-7,14H2,(H,25,26);1-8H. The van der Waals surface area contributed by atoms with Crippen LogP contribution in [0.25, 0.3) is 21.7 Å². The molecule has 1 aliphatic heterocycles. The third-order valence-electron chi connectivity index (χ3n) is 15.1. The van der Waals surface area contributed by atoms with Crippen molar-refractivity contribution in [1.82, 2.24) is 14.5 Å². The highest BCUT2D eigenvalue weighted by molar-refractivity contribution is 8.15. The van der Waals surface area contributed by atoms with Gasteiger partial charge < -0.3 is 19.4 Å². The van der Waals surface area contributed by atoms with Crippen molar-refractivity contribution >= 4 is 104 Å². The summed E-state index contributed by atoms with van der Waals surface area (Å²) in [6.45, 7) is 0.636. The number of carbonyl (C=O) groups is 4. The molecule has 0 spiro atoms. The Morgan fingerprint density at radius 3 is 2.18 bits per heavy atom. The fourth-order valence-corrected chi connectivity index (χ4v) is 15.1. The molecule has 18 heteroatoms. The number of carboxylic acids is 2. The van der Waals surface area contributed by atoms with Crippen LogP contribution in [0.3, 0.4) is 0 Å². The fourth-order valence-electron chi connectivity index (χ4n) is 12.0. The number of aromatic nitrogens is 2. The molecule has 4 heterocycles. The van der Waals surface area contributed by atoms with Crippen molar-refractivity contribution in [2.24, 2.45) is 28.2 Å². The molecule has 1 atom stereocenters. The molecule has 13 rings (SSSR count). The van der Waals surface area contributed by atoms with Crippen LogP contribution in [-0.4, -0.2) is 65.6 Å². The molecular formula is C60H54Cl2N4O9S3. The molecule has 400 valence electrons. The molecule has 7 aromatic rings. The normalized spacial score (nSPS) is 21.4. The number of amidine groups is 1. The number of amides is 1. The molecule has 4 saturated carbocycles. The van der Waals surface area contributed by atoms with E-state index in [4.69, 9.17) is 43.8 Å². The predicted molar refractivity (Wildman–Crippen MR) is 308 cm³/mol. The Labute approximate surface area is 473 Å². The van der Waals surface area contributed by atoms with Gasteiger partial charge in [0.2, 0.25) is 5.91 Å². The number of thiophene rings is 1. The summed E-state index contributed by atoms with van der Waals surface area (Å²) < 4.78 is 10.9. The number of fused-ring (bicyclic) bond motifs is 2. The summed E-state index contributed by atoms with van der Waals surface area (Å²) in [6, 6.07) is 32.0. The number of hydrogen-bond acceptors (Lipinski definition) is 12. The second kappa shape index (κ2) is 24.2. The average molecular weight is 1140 g/mol. The molecule has 4 aromatic carbocycles. The van der Waals surface area contributed by atoms with Crippen molar-refractivity contribution < 1.29 is 38.5 Å². The van der Waals surface area contributed by atoms with Crippen molar-refractivity contribution in [2.75, 3.05) is 6.54 Å². The molecule has 1 unspecified atom stereocenters. The maximum atomic E-state index is 12.9. The first-order chi connectivity index (χ1) is 37.7. The Morgan fingerprint density at radius 1 is 0.859 bits per heavy atom. The average Bonchev–Trinajstić information content (AvgIpc) is 4.11. The number of halogens is 2. The number of nitrogens with zero attached hydrogens (tertiary/aromatic N) is 4. The molecule has 5 aliphatic carbocycles. The van der Waals surface area contributed by atoms with Crippen LogP contribution < -0.4 is 10.5 Å². The lowest BCUT2D eigenvalue weighted by Gasteiger charge is -2.57. The van der Waals surface area contributed by atoms with Crippen LogP contribution in [-0.2, 0) is 28.2 Å². The molecule has 5 fully saturated rings. The molecule has 3 aromatic heterocycles. The number of oxazole rings is 1. The third kappa shape index (κ3) is 12.6. The van der Waals surface area contributed by atoms with Crippen LogP contribution in [0.15, 0.2) is 134 Å². The van der Waals surface area contributed by atoms with Crippen LogP contribution in [0.5, 0.6) is 5.75 Å². The van der Waals surface area contributed by atoms with Crippen LogP contribution in [0.4, 0.5) is 10.5 Å². The second-order valence-corrected chi connectivity index (χ2v) is 24.4. The molecule has 4 bridgehead atoms. The number of aliphatic carboxylic acids is 1. The lowest BCUT2D eigenvalue weighted by Crippen LogP contribution is -2.49. The summed E-state index contributed by atoms with van der Waals surface area (Å²) in [6.07, 6.45) is 17.5. The maximum absolute atomic E-state index is 12.9. The number of thioether (sulfide) groups is 2. The number of rotatable bonds is 11. The minimum absolute atomic E-state index is 0.0283. The quantitative estimate of drug-likeness (QED) is 0.0925. The van der Waals surface area contributed by atoms with Gasteiger partial charge in [-0.1, -0.05) is 77.3 Å². The van der Waals surface area contributed by atoms with Gasteiger partial charge in [-0.2, -0.15) is 4.57 Å². The topological polar surface area (TPSA) is 182 Å². The van der Waals surface area contributed by atoms with Gasteiger partial charge in [-0.25, -0.2) is 24.4 Å². The van der Waals surface area contributed by atoms with Crippen LogP contribution in [0.2, 0.25) is 10.0 Å². The highest BCUT2D eigenvalue weighted by Gasteiger charge is 2.51. The Balaban J connectivity index is 0.000000135. The zero-order chi connectivity index (χ0) is 54.5. The summed E-state index contributed by atoms with van der Waals surface area (Å²) in [5.74, 6) is 3.45. The van der Waals surface area contributed by atoms with Gasteiger partial charge in [0.15, 0.2) is 10.8 Å². The van der Waals surface area contributed by atoms with Crippen molar-refractivity contribution in [1.29, 1.82) is 0 Å². The first kappa shape index (κ1) is 54.7. The Bertz CT molecular complexity index is 3470. The zero-order valence-electron chi connectivity index (χ0n) is 42.3. The molecule has 1 saturated heterocycles. The van der Waals surface area contributed by atoms with E-state index in [1.807, 2.05) is 35.7 Å². The van der Waals surface area contributed by atoms with E-state index in [0.29, 0.717) is 55.0 Å². The first-order valence-electron chi connectivity index (χ1n) is 25.8. The number of para-hydroxylation sites is 1. The number of carbonyl (C=O) groups excluding carboxylic acids is 2. The minimum atomic E-state index is -0.960. The van der Waals surface area contributed by atoms with Gasteiger partial charge in [0.05, 0.1) is 28.2 Å². The molecule has 6 aliphatic rings. The minimum Gasteiger partial charge on any atom is -0.480 e. The maximum Gasteiger partial charge on any atom is 0.429 e. The van der Waals surface area contributed by atoms with E-state index in [-0.39, 0.29) is 23.4 Å². The molecule has 1 amide bonds. The lowest BCUT2D eigenvalue weighted by atomic mass is 9.49. The van der Waals surface area contributed by atoms with E-state index in [1.54, 1.807) is 76.9 Å². The van der Waals surface area contributed by atoms with Crippen molar-refractivity contribution in [2.45, 2.75) is 93.1 Å². The van der Waals surface area contributed by atoms with Crippen LogP contribution in [0, 0.1) is 35.5 Å². The van der Waals surface area contributed by atoms with E-state index >= 15 is 0 Å². The smallest absolute Gasteiger partial charge is 0.429 e. The number of carboxylic acid groups (broad SMARTS) is 2. The molecule has 0 radical (unpaired) electrons. The lowest BCUT2D eigenvalue weighted by molar-refractivity contribution is -0.139. The molecule has 13 nitrogen and oxygen atoms in total. The summed E-state index contributed by atoms with van der Waals surface area (Å²) in [7, 11) is 0. The van der Waals surface area contributed by atoms with Crippen molar-refractivity contribution in [3.63, 3.8) is 0 Å². The highest BCUT2D eigenvalue weighted by Crippen LogP contribution is 2.61. The van der Waals surface area contributed by atoms with E-state index < -0.39 is 29.0 Å². The van der Waals surface area contributed by atoms with Gasteiger partial charge in [0.1, 0.15) is 21.5 Å². The number of hydrogen-bond donors (Lipinski definition) is 2. The summed E-state index contributed by atoms with van der Waals surface area (Å²) >= 11 is 16.2. The van der Waals surface area contributed by atoms with Gasteiger partial charge in [-0.3, -0.25) is 14.5 Å². The Hall–Kier alpha value is -6.61. The van der Waals surface area contributed by atoms with E-state index in [9.17, 15) is 34.2 Å². The number of aliphatic imine (C=N–C) groups is 1. The third-order valence-corrected chi connectivity index (χ3v) is 18.7. The van der Waals surface area contributed by atoms with E-state index in [2.05, 4.69) is 17.0 Å². The van der Waals surface area contributed by atoms with Crippen LogP contribution >= 0.6 is 58.1 Å². The first-order valence-corrected chi connectivity index (χ1v) is 29.3. The summed E-state index contributed by atoms with van der Waals surface area (Å²) in [5, 5.41) is 22.8. The Morgan fingerprint density at radius 2 is 1.54 bits per heavy atom. The number of aromatic carboxylic acids is 1. The second-order valence-electron chi connectivity index (χ2n) is 20.4.